The van der Waals surface area contributed by atoms with Crippen molar-refractivity contribution in [3.05, 3.63) is 77.9 Å². The number of nitrogens with zero attached hydrogens (tertiary/aromatic N) is 1. The van der Waals surface area contributed by atoms with E-state index in [4.69, 9.17) is 16.7 Å². The Bertz CT molecular complexity index is 754. The lowest BCUT2D eigenvalue weighted by atomic mass is 9.89. The van der Waals surface area contributed by atoms with E-state index in [9.17, 15) is 4.79 Å². The SMILES string of the molecule is O=C(O)NCCc1nc(C2(Cl)C=CC(c3ccccc3)C=C2)c[nH]1. The number of imidazole rings is 1. The summed E-state index contributed by atoms with van der Waals surface area (Å²) in [7, 11) is 0. The Kier molecular flexibility index (Phi) is 4.71. The number of allylic oxidation sites excluding steroid dienone is 4. The topological polar surface area (TPSA) is 78.0 Å². The van der Waals surface area contributed by atoms with Crippen LogP contribution in [0.5, 0.6) is 0 Å². The number of hydrogen-bond donors (Lipinski definition) is 3. The molecule has 1 aliphatic rings. The number of amides is 1. The molecule has 0 unspecified atom stereocenters. The van der Waals surface area contributed by atoms with E-state index in [1.165, 1.54) is 5.56 Å². The van der Waals surface area contributed by atoms with Crippen molar-refractivity contribution in [2.24, 2.45) is 0 Å². The first-order chi connectivity index (χ1) is 11.6. The number of carboxylic acid groups (broad SMARTS) is 1. The summed E-state index contributed by atoms with van der Waals surface area (Å²) in [5.74, 6) is 0.905. The number of hydrogen-bond acceptors (Lipinski definition) is 2. The minimum Gasteiger partial charge on any atom is -0.465 e. The van der Waals surface area contributed by atoms with Crippen LogP contribution in [0.2, 0.25) is 0 Å². The predicted octanol–water partition coefficient (Wildman–Crippen LogP) is 3.56. The average Bonchev–Trinajstić information content (AvgIpc) is 3.06. The van der Waals surface area contributed by atoms with E-state index in [2.05, 4.69) is 39.6 Å². The second kappa shape index (κ2) is 6.93. The molecule has 0 aliphatic heterocycles. The van der Waals surface area contributed by atoms with Crippen molar-refractivity contribution in [1.82, 2.24) is 15.3 Å². The maximum absolute atomic E-state index is 10.5. The highest BCUT2D eigenvalue weighted by Crippen LogP contribution is 2.37. The molecular formula is C18H18ClN3O2. The Morgan fingerprint density at radius 1 is 1.29 bits per heavy atom. The van der Waals surface area contributed by atoms with Crippen molar-refractivity contribution in [2.45, 2.75) is 17.2 Å². The fourth-order valence-corrected chi connectivity index (χ4v) is 2.89. The van der Waals surface area contributed by atoms with Gasteiger partial charge in [0.15, 0.2) is 0 Å². The Balaban J connectivity index is 1.68. The quantitative estimate of drug-likeness (QED) is 0.573. The average molecular weight is 344 g/mol. The van der Waals surface area contributed by atoms with Crippen LogP contribution in [-0.4, -0.2) is 27.7 Å². The van der Waals surface area contributed by atoms with Crippen molar-refractivity contribution in [3.8, 4) is 0 Å². The smallest absolute Gasteiger partial charge is 0.404 e. The van der Waals surface area contributed by atoms with E-state index in [1.54, 1.807) is 6.20 Å². The van der Waals surface area contributed by atoms with Gasteiger partial charge in [-0.25, -0.2) is 9.78 Å². The van der Waals surface area contributed by atoms with Crippen molar-refractivity contribution < 1.29 is 9.90 Å². The molecule has 3 rings (SSSR count). The Hall–Kier alpha value is -2.53. The molecule has 3 N–H and O–H groups in total. The number of aromatic nitrogens is 2. The summed E-state index contributed by atoms with van der Waals surface area (Å²) in [6, 6.07) is 10.2. The molecule has 0 bridgehead atoms. The van der Waals surface area contributed by atoms with Crippen LogP contribution in [0.4, 0.5) is 4.79 Å². The van der Waals surface area contributed by atoms with Crippen molar-refractivity contribution >= 4 is 17.7 Å². The van der Waals surface area contributed by atoms with E-state index >= 15 is 0 Å². The number of alkyl halides is 1. The normalized spacial score (nSPS) is 22.5. The van der Waals surface area contributed by atoms with Gasteiger partial charge in [0.05, 0.1) is 5.69 Å². The second-order valence-corrected chi connectivity index (χ2v) is 6.26. The van der Waals surface area contributed by atoms with Gasteiger partial charge in [0, 0.05) is 25.1 Å². The Morgan fingerprint density at radius 3 is 2.67 bits per heavy atom. The highest BCUT2D eigenvalue weighted by Gasteiger charge is 2.29. The molecule has 0 radical (unpaired) electrons. The van der Waals surface area contributed by atoms with Crippen LogP contribution < -0.4 is 5.32 Å². The summed E-state index contributed by atoms with van der Waals surface area (Å²) in [5.41, 5.74) is 1.92. The number of aromatic amines is 1. The van der Waals surface area contributed by atoms with Crippen LogP contribution in [0.3, 0.4) is 0 Å². The maximum Gasteiger partial charge on any atom is 0.404 e. The van der Waals surface area contributed by atoms with Crippen LogP contribution in [0.25, 0.3) is 0 Å². The summed E-state index contributed by atoms with van der Waals surface area (Å²) in [6.45, 7) is 0.305. The third kappa shape index (κ3) is 3.68. The molecule has 1 aromatic carbocycles. The van der Waals surface area contributed by atoms with Gasteiger partial charge >= 0.3 is 6.09 Å². The van der Waals surface area contributed by atoms with Gasteiger partial charge in [-0.05, 0) is 5.56 Å². The summed E-state index contributed by atoms with van der Waals surface area (Å²) < 4.78 is 0. The number of benzene rings is 1. The van der Waals surface area contributed by atoms with Crippen LogP contribution in [0.15, 0.2) is 60.8 Å². The fourth-order valence-electron chi connectivity index (χ4n) is 2.65. The monoisotopic (exact) mass is 343 g/mol. The molecule has 1 aliphatic carbocycles. The van der Waals surface area contributed by atoms with Gasteiger partial charge in [-0.15, -0.1) is 11.6 Å². The fraction of sp³-hybridized carbons (Fsp3) is 0.222. The first-order valence-electron chi connectivity index (χ1n) is 7.71. The third-order valence-electron chi connectivity index (χ3n) is 3.94. The van der Waals surface area contributed by atoms with Crippen LogP contribution in [0, 0.1) is 0 Å². The molecule has 5 nitrogen and oxygen atoms in total. The van der Waals surface area contributed by atoms with Crippen LogP contribution >= 0.6 is 11.6 Å². The van der Waals surface area contributed by atoms with Crippen molar-refractivity contribution in [1.29, 1.82) is 0 Å². The number of rotatable bonds is 5. The molecule has 0 atom stereocenters. The van der Waals surface area contributed by atoms with Crippen molar-refractivity contribution in [2.75, 3.05) is 6.54 Å². The molecule has 0 fully saturated rings. The standard InChI is InChI=1S/C18H18ClN3O2/c19-18(15-12-21-16(22-15)8-11-20-17(23)24)9-6-14(7-10-18)13-4-2-1-3-5-13/h1-7,9-10,12,14,20H,8,11H2,(H,21,22)(H,23,24). The zero-order valence-electron chi connectivity index (χ0n) is 12.9. The molecule has 24 heavy (non-hydrogen) atoms. The molecule has 0 spiro atoms. The molecule has 1 aromatic heterocycles. The minimum absolute atomic E-state index is 0.205. The first-order valence-corrected chi connectivity index (χ1v) is 8.09. The van der Waals surface area contributed by atoms with E-state index in [0.717, 1.165) is 0 Å². The maximum atomic E-state index is 10.5. The number of carbonyl (C=O) groups is 1. The highest BCUT2D eigenvalue weighted by molar-refractivity contribution is 6.26. The summed E-state index contributed by atoms with van der Waals surface area (Å²) >= 11 is 6.69. The van der Waals surface area contributed by atoms with Crippen LogP contribution in [0.1, 0.15) is 23.0 Å². The first kappa shape index (κ1) is 16.3. The van der Waals surface area contributed by atoms with Gasteiger partial charge in [0.2, 0.25) is 0 Å². The lowest BCUT2D eigenvalue weighted by molar-refractivity contribution is 0.194. The number of halogens is 1. The third-order valence-corrected chi connectivity index (χ3v) is 4.38. The minimum atomic E-state index is -1.04. The zero-order chi connectivity index (χ0) is 17.0. The molecule has 124 valence electrons. The zero-order valence-corrected chi connectivity index (χ0v) is 13.7. The van der Waals surface area contributed by atoms with E-state index < -0.39 is 11.0 Å². The highest BCUT2D eigenvalue weighted by atomic mass is 35.5. The molecular weight excluding hydrogens is 326 g/mol. The molecule has 0 saturated carbocycles. The van der Waals surface area contributed by atoms with Gasteiger partial charge in [0.1, 0.15) is 10.7 Å². The molecule has 1 amide bonds. The van der Waals surface area contributed by atoms with Gasteiger partial charge in [-0.2, -0.15) is 0 Å². The molecule has 6 heteroatoms. The van der Waals surface area contributed by atoms with Crippen molar-refractivity contribution in [3.63, 3.8) is 0 Å². The van der Waals surface area contributed by atoms with Gasteiger partial charge in [0.25, 0.3) is 0 Å². The van der Waals surface area contributed by atoms with Gasteiger partial charge < -0.3 is 15.4 Å². The summed E-state index contributed by atoms with van der Waals surface area (Å²) in [4.78, 5) is 17.2. The van der Waals surface area contributed by atoms with E-state index in [0.29, 0.717) is 24.5 Å². The predicted molar refractivity (Wildman–Crippen MR) is 93.3 cm³/mol. The van der Waals surface area contributed by atoms with Gasteiger partial charge in [-0.1, -0.05) is 54.6 Å². The second-order valence-electron chi connectivity index (χ2n) is 5.64. The lowest BCUT2D eigenvalue weighted by Gasteiger charge is -2.23. The summed E-state index contributed by atoms with van der Waals surface area (Å²) in [5, 5.41) is 10.9. The van der Waals surface area contributed by atoms with E-state index in [-0.39, 0.29) is 5.92 Å². The Labute approximate surface area is 145 Å². The summed E-state index contributed by atoms with van der Waals surface area (Å²) in [6.07, 6.45) is 9.25. The van der Waals surface area contributed by atoms with E-state index in [1.807, 2.05) is 30.4 Å². The molecule has 2 aromatic rings. The Morgan fingerprint density at radius 2 is 2.00 bits per heavy atom. The largest absolute Gasteiger partial charge is 0.465 e. The van der Waals surface area contributed by atoms with Crippen LogP contribution in [-0.2, 0) is 11.3 Å². The molecule has 1 heterocycles. The molecule has 0 saturated heterocycles. The number of H-pyrrole nitrogens is 1. The lowest BCUT2D eigenvalue weighted by Crippen LogP contribution is -2.23. The van der Waals surface area contributed by atoms with Gasteiger partial charge in [-0.3, -0.25) is 0 Å². The number of nitrogens with one attached hydrogen (secondary N) is 2.